The Balaban J connectivity index is 1.91. The molecule has 0 spiro atoms. The highest BCUT2D eigenvalue weighted by atomic mass is 16.5. The second-order valence-electron chi connectivity index (χ2n) is 3.97. The summed E-state index contributed by atoms with van der Waals surface area (Å²) in [6.45, 7) is 5.37. The molecule has 0 saturated carbocycles. The normalized spacial score (nSPS) is 19.9. The van der Waals surface area contributed by atoms with Crippen molar-refractivity contribution < 1.29 is 9.47 Å². The van der Waals surface area contributed by atoms with Gasteiger partial charge in [-0.25, -0.2) is 0 Å². The predicted molar refractivity (Wildman–Crippen MR) is 63.7 cm³/mol. The van der Waals surface area contributed by atoms with Gasteiger partial charge in [-0.3, -0.25) is 0 Å². The van der Waals surface area contributed by atoms with E-state index in [-0.39, 0.29) is 0 Å². The van der Waals surface area contributed by atoms with Crippen molar-refractivity contribution in [3.8, 4) is 5.75 Å². The lowest BCUT2D eigenvalue weighted by molar-refractivity contribution is 0.0528. The van der Waals surface area contributed by atoms with E-state index in [4.69, 9.17) is 9.47 Å². The Morgan fingerprint density at radius 3 is 3.00 bits per heavy atom. The van der Waals surface area contributed by atoms with E-state index in [2.05, 4.69) is 11.4 Å². The van der Waals surface area contributed by atoms with Gasteiger partial charge < -0.3 is 14.8 Å². The Hall–Kier alpha value is -1.06. The summed E-state index contributed by atoms with van der Waals surface area (Å²) in [7, 11) is 0. The van der Waals surface area contributed by atoms with Gasteiger partial charge in [-0.15, -0.1) is 0 Å². The summed E-state index contributed by atoms with van der Waals surface area (Å²) in [5.41, 5.74) is 1.14. The quantitative estimate of drug-likeness (QED) is 0.824. The van der Waals surface area contributed by atoms with Crippen molar-refractivity contribution >= 4 is 0 Å². The molecular formula is C13H19NO2. The van der Waals surface area contributed by atoms with Gasteiger partial charge in [0.25, 0.3) is 0 Å². The highest BCUT2D eigenvalue weighted by Crippen LogP contribution is 2.20. The fourth-order valence-corrected chi connectivity index (χ4v) is 1.90. The Labute approximate surface area is 96.8 Å². The van der Waals surface area contributed by atoms with Crippen LogP contribution in [0.5, 0.6) is 5.75 Å². The summed E-state index contributed by atoms with van der Waals surface area (Å²) in [5.74, 6) is 0.941. The van der Waals surface area contributed by atoms with Crippen molar-refractivity contribution in [2.24, 2.45) is 0 Å². The topological polar surface area (TPSA) is 30.5 Å². The van der Waals surface area contributed by atoms with Crippen LogP contribution in [0.1, 0.15) is 18.9 Å². The second kappa shape index (κ2) is 5.87. The molecule has 3 nitrogen and oxygen atoms in total. The summed E-state index contributed by atoms with van der Waals surface area (Å²) in [5, 5.41) is 3.29. The Morgan fingerprint density at radius 2 is 2.25 bits per heavy atom. The van der Waals surface area contributed by atoms with Gasteiger partial charge in [0.05, 0.1) is 19.3 Å². The van der Waals surface area contributed by atoms with Crippen LogP contribution in [0, 0.1) is 0 Å². The molecule has 0 bridgehead atoms. The van der Waals surface area contributed by atoms with E-state index >= 15 is 0 Å². The molecule has 1 atom stereocenters. The summed E-state index contributed by atoms with van der Waals surface area (Å²) in [4.78, 5) is 0. The first-order valence-corrected chi connectivity index (χ1v) is 5.93. The first-order valence-electron chi connectivity index (χ1n) is 5.93. The monoisotopic (exact) mass is 221 g/mol. The van der Waals surface area contributed by atoms with E-state index in [1.165, 1.54) is 0 Å². The van der Waals surface area contributed by atoms with Crippen molar-refractivity contribution in [3.05, 3.63) is 29.8 Å². The zero-order chi connectivity index (χ0) is 11.2. The minimum absolute atomic E-state index is 0.356. The Kier molecular flexibility index (Phi) is 4.19. The lowest BCUT2D eigenvalue weighted by atomic mass is 10.2. The number of hydrogen-bond donors (Lipinski definition) is 1. The van der Waals surface area contributed by atoms with Crippen molar-refractivity contribution in [3.63, 3.8) is 0 Å². The van der Waals surface area contributed by atoms with Gasteiger partial charge in [0.2, 0.25) is 0 Å². The van der Waals surface area contributed by atoms with Crippen LogP contribution in [0.2, 0.25) is 0 Å². The average molecular weight is 221 g/mol. The molecule has 1 N–H and O–H groups in total. The van der Waals surface area contributed by atoms with Crippen LogP contribution in [0.3, 0.4) is 0 Å². The molecule has 1 aromatic rings. The molecule has 0 aromatic heterocycles. The van der Waals surface area contributed by atoms with Crippen molar-refractivity contribution in [1.29, 1.82) is 0 Å². The molecule has 3 heteroatoms. The van der Waals surface area contributed by atoms with Crippen molar-refractivity contribution in [2.45, 2.75) is 26.1 Å². The minimum atomic E-state index is 0.356. The third kappa shape index (κ3) is 2.97. The van der Waals surface area contributed by atoms with Gasteiger partial charge in [0.1, 0.15) is 5.75 Å². The van der Waals surface area contributed by atoms with E-state index in [0.717, 1.165) is 30.8 Å². The van der Waals surface area contributed by atoms with Crippen molar-refractivity contribution in [1.82, 2.24) is 5.32 Å². The number of ether oxygens (including phenoxy) is 2. The molecule has 2 rings (SSSR count). The van der Waals surface area contributed by atoms with Gasteiger partial charge in [-0.2, -0.15) is 0 Å². The first-order chi connectivity index (χ1) is 7.90. The standard InChI is InChI=1S/C13H19NO2/c1-2-15-13-6-4-3-5-11(13)10-16-12-7-8-14-9-12/h3-6,12,14H,2,7-10H2,1H3. The average Bonchev–Trinajstić information content (AvgIpc) is 2.81. The summed E-state index contributed by atoms with van der Waals surface area (Å²) in [6, 6.07) is 8.07. The zero-order valence-corrected chi connectivity index (χ0v) is 9.74. The number of hydrogen-bond acceptors (Lipinski definition) is 3. The third-order valence-corrected chi connectivity index (χ3v) is 2.76. The van der Waals surface area contributed by atoms with E-state index < -0.39 is 0 Å². The van der Waals surface area contributed by atoms with Gasteiger partial charge in [-0.1, -0.05) is 18.2 Å². The molecule has 1 aromatic carbocycles. The molecule has 1 aliphatic heterocycles. The molecule has 16 heavy (non-hydrogen) atoms. The molecule has 88 valence electrons. The van der Waals surface area contributed by atoms with Gasteiger partial charge in [0, 0.05) is 12.1 Å². The summed E-state index contributed by atoms with van der Waals surface area (Å²) in [6.07, 6.45) is 1.46. The first kappa shape index (κ1) is 11.4. The largest absolute Gasteiger partial charge is 0.494 e. The van der Waals surface area contributed by atoms with Crippen LogP contribution in [-0.4, -0.2) is 25.8 Å². The van der Waals surface area contributed by atoms with E-state index in [9.17, 15) is 0 Å². The number of nitrogens with one attached hydrogen (secondary N) is 1. The number of para-hydroxylation sites is 1. The predicted octanol–water partition coefficient (Wildman–Crippen LogP) is 1.96. The lowest BCUT2D eigenvalue weighted by Gasteiger charge is -2.13. The van der Waals surface area contributed by atoms with Gasteiger partial charge in [-0.05, 0) is 26.0 Å². The smallest absolute Gasteiger partial charge is 0.124 e. The molecule has 1 aliphatic rings. The number of benzene rings is 1. The molecule has 0 radical (unpaired) electrons. The Morgan fingerprint density at radius 1 is 1.38 bits per heavy atom. The molecule has 1 heterocycles. The van der Waals surface area contributed by atoms with E-state index in [1.807, 2.05) is 25.1 Å². The van der Waals surface area contributed by atoms with Crippen LogP contribution in [0.25, 0.3) is 0 Å². The summed E-state index contributed by atoms with van der Waals surface area (Å²) >= 11 is 0. The van der Waals surface area contributed by atoms with Crippen LogP contribution in [0.15, 0.2) is 24.3 Å². The van der Waals surface area contributed by atoms with Crippen LogP contribution >= 0.6 is 0 Å². The second-order valence-corrected chi connectivity index (χ2v) is 3.97. The van der Waals surface area contributed by atoms with Crippen LogP contribution in [-0.2, 0) is 11.3 Å². The lowest BCUT2D eigenvalue weighted by Crippen LogP contribution is -2.16. The Bertz CT molecular complexity index is 321. The SMILES string of the molecule is CCOc1ccccc1COC1CCNC1. The van der Waals surface area contributed by atoms with E-state index in [1.54, 1.807) is 0 Å². The van der Waals surface area contributed by atoms with Gasteiger partial charge >= 0.3 is 0 Å². The maximum Gasteiger partial charge on any atom is 0.124 e. The molecule has 0 amide bonds. The highest BCUT2D eigenvalue weighted by molar-refractivity contribution is 5.32. The fourth-order valence-electron chi connectivity index (χ4n) is 1.90. The fraction of sp³-hybridized carbons (Fsp3) is 0.538. The van der Waals surface area contributed by atoms with Gasteiger partial charge in [0.15, 0.2) is 0 Å². The molecule has 0 aliphatic carbocycles. The van der Waals surface area contributed by atoms with Crippen LogP contribution < -0.4 is 10.1 Å². The zero-order valence-electron chi connectivity index (χ0n) is 9.74. The molecular weight excluding hydrogens is 202 g/mol. The number of rotatable bonds is 5. The maximum atomic E-state index is 5.83. The molecule has 1 fully saturated rings. The minimum Gasteiger partial charge on any atom is -0.494 e. The molecule has 1 saturated heterocycles. The van der Waals surface area contributed by atoms with E-state index in [0.29, 0.717) is 19.3 Å². The van der Waals surface area contributed by atoms with Crippen molar-refractivity contribution in [2.75, 3.05) is 19.7 Å². The molecule has 1 unspecified atom stereocenters. The highest BCUT2D eigenvalue weighted by Gasteiger charge is 2.15. The third-order valence-electron chi connectivity index (χ3n) is 2.76. The maximum absolute atomic E-state index is 5.83. The van der Waals surface area contributed by atoms with Crippen LogP contribution in [0.4, 0.5) is 0 Å². The summed E-state index contributed by atoms with van der Waals surface area (Å²) < 4.78 is 11.4.